The van der Waals surface area contributed by atoms with Gasteiger partial charge in [-0.3, -0.25) is 9.69 Å². The number of halogens is 4. The average Bonchev–Trinajstić information content (AvgIpc) is 3.46. The second-order valence-electron chi connectivity index (χ2n) is 11.5. The summed E-state index contributed by atoms with van der Waals surface area (Å²) in [6.45, 7) is 5.56. The van der Waals surface area contributed by atoms with Gasteiger partial charge in [-0.1, -0.05) is 23.2 Å². The molecule has 44 heavy (non-hydrogen) atoms. The van der Waals surface area contributed by atoms with Crippen LogP contribution in [0.15, 0.2) is 42.7 Å². The predicted octanol–water partition coefficient (Wildman–Crippen LogP) is 6.44. The molecule has 2 unspecified atom stereocenters. The first-order valence-electron chi connectivity index (χ1n) is 14.7. The van der Waals surface area contributed by atoms with Crippen molar-refractivity contribution < 1.29 is 14.3 Å². The Morgan fingerprint density at radius 2 is 1.70 bits per heavy atom. The minimum absolute atomic E-state index is 0. The van der Waals surface area contributed by atoms with E-state index in [-0.39, 0.29) is 30.8 Å². The molecule has 3 aliphatic heterocycles. The molecule has 6 rings (SSSR count). The summed E-state index contributed by atoms with van der Waals surface area (Å²) in [7, 11) is 1.45. The Morgan fingerprint density at radius 3 is 2.41 bits per heavy atom. The van der Waals surface area contributed by atoms with Crippen LogP contribution in [-0.2, 0) is 16.1 Å². The van der Waals surface area contributed by atoms with Gasteiger partial charge in [0.15, 0.2) is 5.75 Å². The molecule has 3 saturated heterocycles. The van der Waals surface area contributed by atoms with Crippen molar-refractivity contribution in [2.45, 2.75) is 44.7 Å². The summed E-state index contributed by atoms with van der Waals surface area (Å²) in [6.07, 6.45) is 8.15. The highest BCUT2D eigenvalue weighted by Gasteiger charge is 2.33. The van der Waals surface area contributed by atoms with Gasteiger partial charge in [-0.25, -0.2) is 15.0 Å². The quantitative estimate of drug-likeness (QED) is 0.269. The van der Waals surface area contributed by atoms with E-state index in [1.54, 1.807) is 18.5 Å². The number of ether oxygens (including phenoxy) is 2. The normalized spacial score (nSPS) is 20.3. The van der Waals surface area contributed by atoms with Gasteiger partial charge in [0.2, 0.25) is 11.8 Å². The number of pyridine rings is 1. The van der Waals surface area contributed by atoms with Gasteiger partial charge >= 0.3 is 5.97 Å². The molecule has 0 radical (unpaired) electrons. The van der Waals surface area contributed by atoms with Crippen LogP contribution < -0.4 is 15.0 Å². The summed E-state index contributed by atoms with van der Waals surface area (Å²) < 4.78 is 11.1. The van der Waals surface area contributed by atoms with Crippen LogP contribution in [0.3, 0.4) is 0 Å². The first-order chi connectivity index (χ1) is 20.4. The van der Waals surface area contributed by atoms with Gasteiger partial charge in [-0.15, -0.1) is 24.8 Å². The molecule has 0 spiro atoms. The smallest absolute Gasteiger partial charge is 0.305 e. The van der Waals surface area contributed by atoms with Crippen molar-refractivity contribution in [3.8, 4) is 22.9 Å². The Balaban J connectivity index is 0.00000221. The van der Waals surface area contributed by atoms with E-state index in [0.717, 1.165) is 81.3 Å². The first-order valence-corrected chi connectivity index (χ1v) is 15.4. The molecule has 9 nitrogen and oxygen atoms in total. The zero-order valence-corrected chi connectivity index (χ0v) is 27.7. The number of aromatic nitrogens is 3. The molecular formula is C31H38Cl4N6O3. The molecule has 2 atom stereocenters. The number of nitrogens with zero attached hydrogens (tertiary/aromatic N) is 5. The number of hydrogen-bond donors (Lipinski definition) is 1. The second-order valence-corrected chi connectivity index (χ2v) is 12.4. The minimum atomic E-state index is -0.137. The number of benzene rings is 1. The fourth-order valence-corrected chi connectivity index (χ4v) is 6.88. The molecular weight excluding hydrogens is 646 g/mol. The first kappa shape index (κ1) is 34.5. The van der Waals surface area contributed by atoms with Gasteiger partial charge in [0.25, 0.3) is 0 Å². The van der Waals surface area contributed by atoms with Gasteiger partial charge in [0.1, 0.15) is 0 Å². The fourth-order valence-electron chi connectivity index (χ4n) is 6.35. The number of fused-ring (bicyclic) bond motifs is 1. The lowest BCUT2D eigenvalue weighted by Crippen LogP contribution is -2.45. The maximum absolute atomic E-state index is 11.7. The van der Waals surface area contributed by atoms with Gasteiger partial charge in [0, 0.05) is 53.8 Å². The van der Waals surface area contributed by atoms with Gasteiger partial charge in [-0.05, 0) is 87.0 Å². The van der Waals surface area contributed by atoms with E-state index in [2.05, 4.69) is 31.2 Å². The van der Waals surface area contributed by atoms with Crippen molar-refractivity contribution in [3.63, 3.8) is 0 Å². The number of nitrogens with one attached hydrogen (secondary N) is 1. The van der Waals surface area contributed by atoms with E-state index in [1.807, 2.05) is 18.2 Å². The fraction of sp³-hybridized carbons (Fsp3) is 0.484. The van der Waals surface area contributed by atoms with Gasteiger partial charge in [0.05, 0.1) is 25.2 Å². The number of piperidine rings is 2. The van der Waals surface area contributed by atoms with Crippen molar-refractivity contribution in [2.75, 3.05) is 44.7 Å². The van der Waals surface area contributed by atoms with Crippen LogP contribution in [0.25, 0.3) is 11.3 Å². The lowest BCUT2D eigenvalue weighted by Gasteiger charge is -2.34. The summed E-state index contributed by atoms with van der Waals surface area (Å²) in [5.74, 6) is 2.59. The Labute approximate surface area is 280 Å². The van der Waals surface area contributed by atoms with Crippen molar-refractivity contribution in [1.82, 2.24) is 25.2 Å². The molecule has 238 valence electrons. The van der Waals surface area contributed by atoms with Crippen LogP contribution in [-0.4, -0.2) is 71.7 Å². The van der Waals surface area contributed by atoms with E-state index >= 15 is 0 Å². The van der Waals surface area contributed by atoms with Crippen LogP contribution >= 0.6 is 48.0 Å². The monoisotopic (exact) mass is 682 g/mol. The SMILES string of the molecule is COC(=O)CC1CCN(Cc2cc(Oc3cnc(N4CCC5NCCC5C4)nc3)nc(-c3cc(Cl)cc(Cl)c3)c2)CC1.Cl.Cl. The zero-order chi connectivity index (χ0) is 29.1. The number of anilines is 1. The molecule has 0 amide bonds. The van der Waals surface area contributed by atoms with Crippen LogP contribution in [0, 0.1) is 11.8 Å². The third-order valence-corrected chi connectivity index (χ3v) is 9.03. The lowest BCUT2D eigenvalue weighted by atomic mass is 9.93. The highest BCUT2D eigenvalue weighted by Crippen LogP contribution is 2.32. The topological polar surface area (TPSA) is 92.7 Å². The maximum atomic E-state index is 11.7. The molecule has 1 aromatic carbocycles. The molecule has 0 bridgehead atoms. The number of methoxy groups -OCH3 is 1. The summed E-state index contributed by atoms with van der Waals surface area (Å²) in [6, 6.07) is 10.0. The number of carbonyl (C=O) groups excluding carboxylic acids is 1. The molecule has 5 heterocycles. The van der Waals surface area contributed by atoms with E-state index in [9.17, 15) is 4.79 Å². The standard InChI is InChI=1S/C31H36Cl2N6O3.2ClH/c1-41-30(40)12-20-3-7-38(8-4-20)18-21-10-28(23-13-24(32)15-25(33)14-23)37-29(11-21)42-26-16-35-31(36-17-26)39-9-5-27-22(19-39)2-6-34-27;;/h10-11,13-17,20,22,27,34H,2-9,12,18-19H2,1H3;2*1H. The molecule has 3 aliphatic rings. The molecule has 1 N–H and O–H groups in total. The highest BCUT2D eigenvalue weighted by molar-refractivity contribution is 6.35. The van der Waals surface area contributed by atoms with E-state index < -0.39 is 0 Å². The minimum Gasteiger partial charge on any atom is -0.469 e. The Hall–Kier alpha value is -2.40. The summed E-state index contributed by atoms with van der Waals surface area (Å²) >= 11 is 12.7. The van der Waals surface area contributed by atoms with Gasteiger partial charge in [-0.2, -0.15) is 0 Å². The number of esters is 1. The Morgan fingerprint density at radius 1 is 0.977 bits per heavy atom. The van der Waals surface area contributed by atoms with Crippen LogP contribution in [0.1, 0.15) is 37.7 Å². The van der Waals surface area contributed by atoms with Crippen molar-refractivity contribution >= 4 is 59.9 Å². The summed E-state index contributed by atoms with van der Waals surface area (Å²) in [4.78, 5) is 30.4. The highest BCUT2D eigenvalue weighted by atomic mass is 35.5. The molecule has 0 saturated carbocycles. The number of hydrogen-bond acceptors (Lipinski definition) is 9. The van der Waals surface area contributed by atoms with E-state index in [1.165, 1.54) is 13.5 Å². The Bertz CT molecular complexity index is 1390. The number of rotatable bonds is 8. The number of likely N-dealkylation sites (tertiary alicyclic amines) is 1. The lowest BCUT2D eigenvalue weighted by molar-refractivity contribution is -0.142. The summed E-state index contributed by atoms with van der Waals surface area (Å²) in [5.41, 5.74) is 2.59. The third-order valence-electron chi connectivity index (χ3n) is 8.59. The maximum Gasteiger partial charge on any atom is 0.305 e. The van der Waals surface area contributed by atoms with E-state index in [0.29, 0.717) is 46.0 Å². The van der Waals surface area contributed by atoms with Crippen LogP contribution in [0.5, 0.6) is 11.6 Å². The van der Waals surface area contributed by atoms with Crippen LogP contribution in [0.4, 0.5) is 5.95 Å². The largest absolute Gasteiger partial charge is 0.469 e. The van der Waals surface area contributed by atoms with Crippen molar-refractivity contribution in [1.29, 1.82) is 0 Å². The molecule has 2 aromatic heterocycles. The molecule has 0 aliphatic carbocycles. The zero-order valence-electron chi connectivity index (χ0n) is 24.6. The predicted molar refractivity (Wildman–Crippen MR) is 178 cm³/mol. The Kier molecular flexibility index (Phi) is 12.3. The van der Waals surface area contributed by atoms with Crippen LogP contribution in [0.2, 0.25) is 10.0 Å². The van der Waals surface area contributed by atoms with Crippen molar-refractivity contribution in [3.05, 3.63) is 58.3 Å². The van der Waals surface area contributed by atoms with Gasteiger partial charge < -0.3 is 19.7 Å². The molecule has 3 fully saturated rings. The summed E-state index contributed by atoms with van der Waals surface area (Å²) in [5, 5.41) is 4.69. The average molecular weight is 684 g/mol. The van der Waals surface area contributed by atoms with E-state index in [4.69, 9.17) is 37.7 Å². The molecule has 3 aromatic rings. The second kappa shape index (κ2) is 15.7. The van der Waals surface area contributed by atoms with Crippen molar-refractivity contribution in [2.24, 2.45) is 11.8 Å². The number of carbonyl (C=O) groups is 1. The third kappa shape index (κ3) is 8.65. The molecule has 13 heteroatoms.